The predicted octanol–water partition coefficient (Wildman–Crippen LogP) is 6.39. The van der Waals surface area contributed by atoms with Crippen molar-refractivity contribution in [2.75, 3.05) is 13.1 Å². The van der Waals surface area contributed by atoms with Crippen molar-refractivity contribution in [3.63, 3.8) is 0 Å². The molecule has 2 aliphatic carbocycles. The molecule has 180 valence electrons. The van der Waals surface area contributed by atoms with Crippen molar-refractivity contribution in [2.45, 2.75) is 90.1 Å². The fraction of sp³-hybridized carbons (Fsp3) is 0.633. The standard InChI is InChI=1S/C30H43NO2/c1-23-11-10-14-24(19-23)12-6-7-15-27-28-21-25(20-26(28)22-29(27)32)13-4-2-5-16-30(33)31-17-8-3-9-18-31/h7,10-11,14-15,19-20,26-29,32H,2-6,8-9,12-13,16-18,21-22H2,1H3/b15-7+/t26-,27+,28-,29+/m0/s1. The highest BCUT2D eigenvalue weighted by Gasteiger charge is 2.43. The molecule has 4 atom stereocenters. The lowest BCUT2D eigenvalue weighted by molar-refractivity contribution is -0.132. The summed E-state index contributed by atoms with van der Waals surface area (Å²) in [7, 11) is 0. The number of fused-ring (bicyclic) bond motifs is 1. The van der Waals surface area contributed by atoms with Gasteiger partial charge in [0.25, 0.3) is 0 Å². The van der Waals surface area contributed by atoms with Gasteiger partial charge in [-0.25, -0.2) is 0 Å². The zero-order chi connectivity index (χ0) is 23.0. The largest absolute Gasteiger partial charge is 0.392 e. The molecular weight excluding hydrogens is 406 g/mol. The molecule has 1 heterocycles. The normalized spacial score (nSPS) is 27.2. The van der Waals surface area contributed by atoms with E-state index in [9.17, 15) is 9.90 Å². The van der Waals surface area contributed by atoms with Gasteiger partial charge in [-0.3, -0.25) is 4.79 Å². The molecular formula is C30H43NO2. The molecule has 3 nitrogen and oxygen atoms in total. The summed E-state index contributed by atoms with van der Waals surface area (Å²) in [4.78, 5) is 14.4. The van der Waals surface area contributed by atoms with Crippen LogP contribution in [0.4, 0.5) is 0 Å². The molecule has 1 aromatic rings. The zero-order valence-electron chi connectivity index (χ0n) is 20.6. The van der Waals surface area contributed by atoms with Crippen molar-refractivity contribution in [1.82, 2.24) is 4.90 Å². The van der Waals surface area contributed by atoms with Crippen molar-refractivity contribution < 1.29 is 9.90 Å². The van der Waals surface area contributed by atoms with E-state index in [2.05, 4.69) is 54.3 Å². The zero-order valence-corrected chi connectivity index (χ0v) is 20.6. The molecule has 3 aliphatic rings. The molecule has 1 aliphatic heterocycles. The maximum atomic E-state index is 12.3. The van der Waals surface area contributed by atoms with E-state index in [0.717, 1.165) is 58.0 Å². The maximum Gasteiger partial charge on any atom is 0.222 e. The Morgan fingerprint density at radius 1 is 1.12 bits per heavy atom. The second-order valence-corrected chi connectivity index (χ2v) is 10.7. The summed E-state index contributed by atoms with van der Waals surface area (Å²) in [5.41, 5.74) is 4.31. The number of piperidine rings is 1. The van der Waals surface area contributed by atoms with Crippen LogP contribution in [0.2, 0.25) is 0 Å². The van der Waals surface area contributed by atoms with Gasteiger partial charge in [-0.1, -0.05) is 60.1 Å². The molecule has 4 rings (SSSR count). The first-order valence-electron chi connectivity index (χ1n) is 13.5. The number of benzene rings is 1. The van der Waals surface area contributed by atoms with Crippen molar-refractivity contribution in [1.29, 1.82) is 0 Å². The van der Waals surface area contributed by atoms with E-state index in [4.69, 9.17) is 0 Å². The van der Waals surface area contributed by atoms with Gasteiger partial charge in [-0.2, -0.15) is 0 Å². The van der Waals surface area contributed by atoms with Gasteiger partial charge in [0.1, 0.15) is 0 Å². The SMILES string of the molecule is Cc1cccc(CC/C=C/[C@@H]2[C@H]3CC(CCCCCC(=O)N4CCCCC4)=C[C@H]3C[C@H]2O)c1. The van der Waals surface area contributed by atoms with Crippen LogP contribution in [0.15, 0.2) is 48.1 Å². The third-order valence-electron chi connectivity index (χ3n) is 8.09. The van der Waals surface area contributed by atoms with Crippen LogP contribution in [0.1, 0.15) is 81.8 Å². The average Bonchev–Trinajstić information content (AvgIpc) is 3.33. The first-order valence-corrected chi connectivity index (χ1v) is 13.5. The first-order chi connectivity index (χ1) is 16.1. The molecule has 1 amide bonds. The third-order valence-corrected chi connectivity index (χ3v) is 8.09. The van der Waals surface area contributed by atoms with Gasteiger partial charge < -0.3 is 10.0 Å². The van der Waals surface area contributed by atoms with Crippen molar-refractivity contribution in [3.8, 4) is 0 Å². The monoisotopic (exact) mass is 449 g/mol. The first kappa shape index (κ1) is 24.3. The van der Waals surface area contributed by atoms with Crippen LogP contribution in [-0.2, 0) is 11.2 Å². The van der Waals surface area contributed by atoms with E-state index in [1.54, 1.807) is 5.57 Å². The van der Waals surface area contributed by atoms with Crippen LogP contribution in [-0.4, -0.2) is 35.1 Å². The number of unbranched alkanes of at least 4 members (excludes halogenated alkanes) is 2. The number of likely N-dealkylation sites (tertiary alicyclic amines) is 1. The second kappa shape index (κ2) is 12.0. The van der Waals surface area contributed by atoms with Crippen LogP contribution in [0, 0.1) is 24.7 Å². The van der Waals surface area contributed by atoms with E-state index in [-0.39, 0.29) is 6.10 Å². The van der Waals surface area contributed by atoms with E-state index in [0.29, 0.717) is 23.7 Å². The lowest BCUT2D eigenvalue weighted by Gasteiger charge is -2.26. The maximum absolute atomic E-state index is 12.3. The molecule has 0 radical (unpaired) electrons. The van der Waals surface area contributed by atoms with Crippen LogP contribution in [0.25, 0.3) is 0 Å². The lowest BCUT2D eigenvalue weighted by atomic mass is 9.88. The summed E-state index contributed by atoms with van der Waals surface area (Å²) in [6.07, 6.45) is 20.0. The number of rotatable bonds is 10. The Kier molecular flexibility index (Phi) is 8.83. The van der Waals surface area contributed by atoms with Crippen molar-refractivity contribution >= 4 is 5.91 Å². The smallest absolute Gasteiger partial charge is 0.222 e. The summed E-state index contributed by atoms with van der Waals surface area (Å²) >= 11 is 0. The van der Waals surface area contributed by atoms with Crippen LogP contribution >= 0.6 is 0 Å². The quantitative estimate of drug-likeness (QED) is 0.332. The highest BCUT2D eigenvalue weighted by molar-refractivity contribution is 5.76. The molecule has 1 N–H and O–H groups in total. The van der Waals surface area contributed by atoms with Crippen LogP contribution < -0.4 is 0 Å². The number of hydrogen-bond acceptors (Lipinski definition) is 2. The van der Waals surface area contributed by atoms with Crippen LogP contribution in [0.5, 0.6) is 0 Å². The molecule has 0 unspecified atom stereocenters. The number of nitrogens with zero attached hydrogens (tertiary/aromatic N) is 1. The Labute approximate surface area is 201 Å². The molecule has 1 saturated heterocycles. The number of carbonyl (C=O) groups is 1. The molecule has 0 aromatic heterocycles. The number of aryl methyl sites for hydroxylation is 2. The minimum absolute atomic E-state index is 0.186. The second-order valence-electron chi connectivity index (χ2n) is 10.7. The van der Waals surface area contributed by atoms with Gasteiger partial charge in [0.15, 0.2) is 0 Å². The summed E-state index contributed by atoms with van der Waals surface area (Å²) in [5, 5.41) is 10.6. The summed E-state index contributed by atoms with van der Waals surface area (Å²) in [6.45, 7) is 4.10. The minimum atomic E-state index is -0.186. The number of aliphatic hydroxyl groups is 1. The Balaban J connectivity index is 1.14. The average molecular weight is 450 g/mol. The van der Waals surface area contributed by atoms with E-state index >= 15 is 0 Å². The lowest BCUT2D eigenvalue weighted by Crippen LogP contribution is -2.35. The number of allylic oxidation sites excluding steroid dienone is 3. The van der Waals surface area contributed by atoms with Gasteiger partial charge in [0.2, 0.25) is 5.91 Å². The highest BCUT2D eigenvalue weighted by atomic mass is 16.3. The molecule has 3 heteroatoms. The van der Waals surface area contributed by atoms with Gasteiger partial charge in [-0.15, -0.1) is 0 Å². The summed E-state index contributed by atoms with van der Waals surface area (Å²) in [6, 6.07) is 8.76. The van der Waals surface area contributed by atoms with Crippen molar-refractivity contribution in [3.05, 3.63) is 59.2 Å². The Morgan fingerprint density at radius 3 is 2.79 bits per heavy atom. The van der Waals surface area contributed by atoms with Crippen LogP contribution in [0.3, 0.4) is 0 Å². The number of hydrogen-bond donors (Lipinski definition) is 1. The predicted molar refractivity (Wildman–Crippen MR) is 136 cm³/mol. The third kappa shape index (κ3) is 6.82. The molecule has 0 spiro atoms. The van der Waals surface area contributed by atoms with Gasteiger partial charge in [0.05, 0.1) is 6.10 Å². The van der Waals surface area contributed by atoms with E-state index in [1.807, 2.05) is 0 Å². The number of amides is 1. The summed E-state index contributed by atoms with van der Waals surface area (Å²) in [5.74, 6) is 1.83. The summed E-state index contributed by atoms with van der Waals surface area (Å²) < 4.78 is 0. The molecule has 1 aromatic carbocycles. The Bertz CT molecular complexity index is 835. The Hall–Kier alpha value is -1.87. The topological polar surface area (TPSA) is 40.5 Å². The fourth-order valence-corrected chi connectivity index (χ4v) is 6.27. The van der Waals surface area contributed by atoms with E-state index in [1.165, 1.54) is 43.2 Å². The molecule has 0 bridgehead atoms. The fourth-order valence-electron chi connectivity index (χ4n) is 6.27. The number of aliphatic hydroxyl groups excluding tert-OH is 1. The van der Waals surface area contributed by atoms with Gasteiger partial charge in [-0.05, 0) is 88.5 Å². The van der Waals surface area contributed by atoms with E-state index < -0.39 is 0 Å². The van der Waals surface area contributed by atoms with Gasteiger partial charge in [0, 0.05) is 25.4 Å². The molecule has 1 saturated carbocycles. The number of carbonyl (C=O) groups excluding carboxylic acids is 1. The highest BCUT2D eigenvalue weighted by Crippen LogP contribution is 2.48. The van der Waals surface area contributed by atoms with Crippen molar-refractivity contribution in [2.24, 2.45) is 17.8 Å². The molecule has 2 fully saturated rings. The van der Waals surface area contributed by atoms with Gasteiger partial charge >= 0.3 is 0 Å². The molecule has 33 heavy (non-hydrogen) atoms. The Morgan fingerprint density at radius 2 is 1.97 bits per heavy atom. The minimum Gasteiger partial charge on any atom is -0.392 e.